The zero-order valence-corrected chi connectivity index (χ0v) is 21.4. The van der Waals surface area contributed by atoms with Crippen molar-refractivity contribution >= 4 is 44.7 Å². The molecule has 0 radical (unpaired) electrons. The second-order valence-corrected chi connectivity index (χ2v) is 11.4. The summed E-state index contributed by atoms with van der Waals surface area (Å²) in [5.74, 6) is -0.254. The first kappa shape index (κ1) is 24.4. The van der Waals surface area contributed by atoms with Crippen LogP contribution in [0.1, 0.15) is 59.8 Å². The zero-order valence-electron chi connectivity index (χ0n) is 19.8. The van der Waals surface area contributed by atoms with Crippen LogP contribution in [0.2, 0.25) is 5.02 Å². The highest BCUT2D eigenvalue weighted by atomic mass is 35.5. The minimum Gasteiger partial charge on any atom is -0.337 e. The van der Waals surface area contributed by atoms with Gasteiger partial charge in [-0.2, -0.15) is 0 Å². The molecule has 1 amide bonds. The number of carbonyl (C=O) groups is 2. The molecule has 1 unspecified atom stereocenters. The van der Waals surface area contributed by atoms with Gasteiger partial charge in [-0.3, -0.25) is 9.59 Å². The molecule has 5 nitrogen and oxygen atoms in total. The number of amides is 1. The number of hydrogen-bond acceptors (Lipinski definition) is 5. The van der Waals surface area contributed by atoms with Crippen molar-refractivity contribution in [3.05, 3.63) is 70.1 Å². The Morgan fingerprint density at radius 1 is 1.00 bits per heavy atom. The van der Waals surface area contributed by atoms with E-state index in [-0.39, 0.29) is 17.6 Å². The van der Waals surface area contributed by atoms with Gasteiger partial charge in [0.15, 0.2) is 5.78 Å². The van der Waals surface area contributed by atoms with E-state index in [9.17, 15) is 9.59 Å². The molecule has 3 aromatic rings. The van der Waals surface area contributed by atoms with E-state index in [1.165, 1.54) is 37.0 Å². The van der Waals surface area contributed by atoms with Gasteiger partial charge in [0.1, 0.15) is 6.04 Å². The summed E-state index contributed by atoms with van der Waals surface area (Å²) in [7, 11) is 0. The minimum atomic E-state index is -0.777. The smallest absolute Gasteiger partial charge is 0.262 e. The van der Waals surface area contributed by atoms with Crippen LogP contribution in [0.4, 0.5) is 0 Å². The summed E-state index contributed by atoms with van der Waals surface area (Å²) in [4.78, 5) is 30.1. The second-order valence-electron chi connectivity index (χ2n) is 9.85. The van der Waals surface area contributed by atoms with E-state index in [4.69, 9.17) is 17.3 Å². The van der Waals surface area contributed by atoms with Gasteiger partial charge < -0.3 is 16.0 Å². The van der Waals surface area contributed by atoms with Gasteiger partial charge >= 0.3 is 0 Å². The predicted octanol–water partition coefficient (Wildman–Crippen LogP) is 5.58. The summed E-state index contributed by atoms with van der Waals surface area (Å²) in [6.07, 6.45) is 7.09. The van der Waals surface area contributed by atoms with Gasteiger partial charge in [0.25, 0.3) is 5.91 Å². The minimum absolute atomic E-state index is 0.118. The van der Waals surface area contributed by atoms with Crippen LogP contribution < -0.4 is 11.1 Å². The molecule has 2 aliphatic rings. The molecule has 2 fully saturated rings. The number of thiophene rings is 1. The van der Waals surface area contributed by atoms with Crippen molar-refractivity contribution in [3.8, 4) is 0 Å². The first-order chi connectivity index (χ1) is 17.0. The average Bonchev–Trinajstić information content (AvgIpc) is 3.57. The molecule has 0 bridgehead atoms. The number of piperidine rings is 1. The fourth-order valence-corrected chi connectivity index (χ4v) is 6.86. The summed E-state index contributed by atoms with van der Waals surface area (Å²) >= 11 is 7.48. The van der Waals surface area contributed by atoms with Crippen molar-refractivity contribution in [1.29, 1.82) is 0 Å². The molecule has 3 N–H and O–H groups in total. The van der Waals surface area contributed by atoms with E-state index >= 15 is 0 Å². The molecule has 1 saturated carbocycles. The number of hydrogen-bond donors (Lipinski definition) is 2. The van der Waals surface area contributed by atoms with Gasteiger partial charge in [-0.15, -0.1) is 11.3 Å². The van der Waals surface area contributed by atoms with Crippen LogP contribution >= 0.6 is 22.9 Å². The molecular formula is C28H32ClN3O2S. The summed E-state index contributed by atoms with van der Waals surface area (Å²) in [6, 6.07) is 16.2. The number of likely N-dealkylation sites (tertiary alicyclic amines) is 1. The number of nitrogens with one attached hydrogen (secondary N) is 1. The summed E-state index contributed by atoms with van der Waals surface area (Å²) in [6.45, 7) is 2.01. The van der Waals surface area contributed by atoms with Gasteiger partial charge in [-0.1, -0.05) is 60.8 Å². The Morgan fingerprint density at radius 2 is 1.71 bits per heavy atom. The molecule has 1 aliphatic carbocycles. The van der Waals surface area contributed by atoms with E-state index in [0.29, 0.717) is 15.9 Å². The number of halogens is 1. The molecule has 5 rings (SSSR count). The summed E-state index contributed by atoms with van der Waals surface area (Å²) < 4.78 is 0.941. The average molecular weight is 510 g/mol. The van der Waals surface area contributed by atoms with Crippen LogP contribution in [0.5, 0.6) is 0 Å². The topological polar surface area (TPSA) is 75.4 Å². The molecule has 1 aromatic heterocycles. The highest BCUT2D eigenvalue weighted by Gasteiger charge is 2.36. The molecule has 1 aliphatic heterocycles. The molecule has 7 heteroatoms. The number of nitrogens with two attached hydrogens (primary N) is 1. The van der Waals surface area contributed by atoms with Crippen molar-refractivity contribution in [2.75, 3.05) is 13.1 Å². The Kier molecular flexibility index (Phi) is 7.54. The fourth-order valence-electron chi connectivity index (χ4n) is 5.62. The number of fused-ring (bicyclic) bond motifs is 1. The lowest BCUT2D eigenvalue weighted by Crippen LogP contribution is -2.50. The zero-order chi connectivity index (χ0) is 24.4. The van der Waals surface area contributed by atoms with Gasteiger partial charge in [0, 0.05) is 15.8 Å². The lowest BCUT2D eigenvalue weighted by Gasteiger charge is -2.38. The largest absolute Gasteiger partial charge is 0.337 e. The first-order valence-electron chi connectivity index (χ1n) is 12.6. The van der Waals surface area contributed by atoms with E-state index in [2.05, 4.69) is 10.2 Å². The normalized spacial score (nSPS) is 19.6. The monoisotopic (exact) mass is 509 g/mol. The number of ketones is 1. The third-order valence-corrected chi connectivity index (χ3v) is 8.98. The van der Waals surface area contributed by atoms with Gasteiger partial charge in [-0.05, 0) is 73.8 Å². The van der Waals surface area contributed by atoms with Crippen molar-refractivity contribution in [3.63, 3.8) is 0 Å². The van der Waals surface area contributed by atoms with Gasteiger partial charge in [0.05, 0.1) is 10.9 Å². The number of carbonyl (C=O) groups excluding carboxylic acids is 2. The SMILES string of the molecule is NC(C(=O)[C@H](NC(=O)c1cc2ccc(Cl)cc2s1)c1ccccc1)C1CCN(C2CCCC2)CC1. The predicted molar refractivity (Wildman–Crippen MR) is 143 cm³/mol. The number of benzene rings is 2. The second kappa shape index (κ2) is 10.8. The maximum Gasteiger partial charge on any atom is 0.262 e. The van der Waals surface area contributed by atoms with Crippen LogP contribution in [0, 0.1) is 5.92 Å². The van der Waals surface area contributed by atoms with E-state index < -0.39 is 12.1 Å². The van der Waals surface area contributed by atoms with Gasteiger partial charge in [0.2, 0.25) is 0 Å². The van der Waals surface area contributed by atoms with Crippen LogP contribution in [-0.2, 0) is 4.79 Å². The van der Waals surface area contributed by atoms with Crippen LogP contribution in [0.15, 0.2) is 54.6 Å². The highest BCUT2D eigenvalue weighted by molar-refractivity contribution is 7.20. The van der Waals surface area contributed by atoms with Crippen LogP contribution in [0.3, 0.4) is 0 Å². The lowest BCUT2D eigenvalue weighted by atomic mass is 9.83. The van der Waals surface area contributed by atoms with Crippen LogP contribution in [0.25, 0.3) is 10.1 Å². The van der Waals surface area contributed by atoms with Gasteiger partial charge in [-0.25, -0.2) is 0 Å². The van der Waals surface area contributed by atoms with Crippen LogP contribution in [-0.4, -0.2) is 41.8 Å². The Morgan fingerprint density at radius 3 is 2.43 bits per heavy atom. The summed E-state index contributed by atoms with van der Waals surface area (Å²) in [5, 5.41) is 4.59. The maximum absolute atomic E-state index is 13.7. The Bertz CT molecular complexity index is 1180. The standard InChI is InChI=1S/C28H32ClN3O2S/c29-21-11-10-20-16-24(35-23(20)17-21)28(34)31-26(19-6-2-1-3-7-19)27(33)25(30)18-12-14-32(15-13-18)22-8-4-5-9-22/h1-3,6-7,10-11,16-18,22,25-26H,4-5,8-9,12-15,30H2,(H,31,34)/t25?,26-/m1/s1. The highest BCUT2D eigenvalue weighted by Crippen LogP contribution is 2.31. The molecule has 2 aromatic carbocycles. The van der Waals surface area contributed by atoms with E-state index in [1.807, 2.05) is 54.6 Å². The van der Waals surface area contributed by atoms with Crippen molar-refractivity contribution in [1.82, 2.24) is 10.2 Å². The molecule has 2 heterocycles. The third kappa shape index (κ3) is 5.46. The lowest BCUT2D eigenvalue weighted by molar-refractivity contribution is -0.124. The molecule has 0 spiro atoms. The van der Waals surface area contributed by atoms with E-state index in [0.717, 1.165) is 41.6 Å². The Labute approximate surface area is 215 Å². The quantitative estimate of drug-likeness (QED) is 0.436. The van der Waals surface area contributed by atoms with E-state index in [1.54, 1.807) is 0 Å². The fraction of sp³-hybridized carbons (Fsp3) is 0.429. The van der Waals surface area contributed by atoms with Crippen molar-refractivity contribution in [2.24, 2.45) is 11.7 Å². The molecule has 184 valence electrons. The number of nitrogens with zero attached hydrogens (tertiary/aromatic N) is 1. The molecule has 35 heavy (non-hydrogen) atoms. The Balaban J connectivity index is 1.31. The third-order valence-electron chi connectivity index (χ3n) is 7.65. The first-order valence-corrected chi connectivity index (χ1v) is 13.8. The number of Topliss-reactive ketones (excluding diaryl/α,β-unsaturated/α-hetero) is 1. The molecular weight excluding hydrogens is 478 g/mol. The Hall–Kier alpha value is -2.25. The maximum atomic E-state index is 13.7. The van der Waals surface area contributed by atoms with Crippen molar-refractivity contribution in [2.45, 2.75) is 56.7 Å². The number of rotatable bonds is 7. The molecule has 1 saturated heterocycles. The summed E-state index contributed by atoms with van der Waals surface area (Å²) in [5.41, 5.74) is 7.35. The van der Waals surface area contributed by atoms with Crippen molar-refractivity contribution < 1.29 is 9.59 Å². The molecule has 2 atom stereocenters.